The van der Waals surface area contributed by atoms with Crippen LogP contribution in [0.3, 0.4) is 0 Å². The summed E-state index contributed by atoms with van der Waals surface area (Å²) >= 11 is 0. The summed E-state index contributed by atoms with van der Waals surface area (Å²) in [7, 11) is -3.71. The molecule has 2 aliphatic rings. The SMILES string of the molecule is Cl.O=C(Oc1ccc(NC2=NS(=O)(=O)c3ccccc32)cc1CN1CCCCC1)c1ccccc1. The summed E-state index contributed by atoms with van der Waals surface area (Å²) in [6.07, 6.45) is 3.51. The fraction of sp³-hybridized carbons (Fsp3) is 0.231. The van der Waals surface area contributed by atoms with E-state index in [0.717, 1.165) is 31.5 Å². The Morgan fingerprint density at radius 1 is 0.943 bits per heavy atom. The van der Waals surface area contributed by atoms with Gasteiger partial charge in [0.2, 0.25) is 0 Å². The predicted octanol–water partition coefficient (Wildman–Crippen LogP) is 4.87. The summed E-state index contributed by atoms with van der Waals surface area (Å²) in [4.78, 5) is 15.2. The number of anilines is 1. The van der Waals surface area contributed by atoms with Gasteiger partial charge in [0.05, 0.1) is 5.56 Å². The van der Waals surface area contributed by atoms with Crippen molar-refractivity contribution in [3.63, 3.8) is 0 Å². The van der Waals surface area contributed by atoms with Crippen molar-refractivity contribution in [3.05, 3.63) is 89.5 Å². The topological polar surface area (TPSA) is 88.1 Å². The second-order valence-corrected chi connectivity index (χ2v) is 10.0. The number of hydrogen-bond donors (Lipinski definition) is 1. The Labute approximate surface area is 211 Å². The lowest BCUT2D eigenvalue weighted by Crippen LogP contribution is -2.29. The van der Waals surface area contributed by atoms with Gasteiger partial charge in [-0.2, -0.15) is 8.42 Å². The largest absolute Gasteiger partial charge is 0.423 e. The Balaban J connectivity index is 0.00000289. The van der Waals surface area contributed by atoms with Crippen LogP contribution in [0.4, 0.5) is 5.69 Å². The summed E-state index contributed by atoms with van der Waals surface area (Å²) in [5.41, 5.74) is 2.55. The van der Waals surface area contributed by atoms with Crippen molar-refractivity contribution in [2.75, 3.05) is 18.4 Å². The number of likely N-dealkylation sites (tertiary alicyclic amines) is 1. The Bertz CT molecular complexity index is 1350. The molecular formula is C26H26ClN3O4S. The fourth-order valence-electron chi connectivity index (χ4n) is 4.30. The average Bonchev–Trinajstić information content (AvgIpc) is 3.11. The molecule has 0 atom stereocenters. The first kappa shape index (κ1) is 24.9. The first-order valence-electron chi connectivity index (χ1n) is 11.3. The molecule has 1 N–H and O–H groups in total. The summed E-state index contributed by atoms with van der Waals surface area (Å²) in [5.74, 6) is 0.362. The molecule has 0 saturated carbocycles. The number of amidine groups is 1. The van der Waals surface area contributed by atoms with Gasteiger partial charge in [0.15, 0.2) is 5.84 Å². The highest BCUT2D eigenvalue weighted by atomic mass is 35.5. The van der Waals surface area contributed by atoms with Crippen LogP contribution in [0.5, 0.6) is 5.75 Å². The lowest BCUT2D eigenvalue weighted by molar-refractivity contribution is 0.0731. The van der Waals surface area contributed by atoms with Crippen LogP contribution in [0.1, 0.15) is 40.7 Å². The van der Waals surface area contributed by atoms with Crippen LogP contribution in [0, 0.1) is 0 Å². The normalized spacial score (nSPS) is 16.5. The number of carbonyl (C=O) groups excluding carboxylic acids is 1. The second-order valence-electron chi connectivity index (χ2n) is 8.45. The molecule has 9 heteroatoms. The van der Waals surface area contributed by atoms with Crippen molar-refractivity contribution in [3.8, 4) is 5.75 Å². The zero-order valence-electron chi connectivity index (χ0n) is 19.0. The molecule has 0 aliphatic carbocycles. The third-order valence-electron chi connectivity index (χ3n) is 6.01. The van der Waals surface area contributed by atoms with E-state index in [-0.39, 0.29) is 23.1 Å². The van der Waals surface area contributed by atoms with Crippen molar-refractivity contribution < 1.29 is 17.9 Å². The van der Waals surface area contributed by atoms with Crippen LogP contribution in [0.25, 0.3) is 0 Å². The number of esters is 1. The highest BCUT2D eigenvalue weighted by Crippen LogP contribution is 2.30. The smallest absolute Gasteiger partial charge is 0.343 e. The average molecular weight is 512 g/mol. The summed E-state index contributed by atoms with van der Waals surface area (Å²) in [6, 6.07) is 21.1. The molecule has 1 saturated heterocycles. The van der Waals surface area contributed by atoms with E-state index in [4.69, 9.17) is 4.74 Å². The highest BCUT2D eigenvalue weighted by Gasteiger charge is 2.28. The van der Waals surface area contributed by atoms with Gasteiger partial charge in [-0.05, 0) is 68.4 Å². The zero-order valence-corrected chi connectivity index (χ0v) is 20.6. The first-order valence-corrected chi connectivity index (χ1v) is 12.8. The van der Waals surface area contributed by atoms with Crippen LogP contribution in [-0.2, 0) is 16.6 Å². The molecule has 2 heterocycles. The predicted molar refractivity (Wildman–Crippen MR) is 138 cm³/mol. The third-order valence-corrected chi connectivity index (χ3v) is 7.34. The minimum absolute atomic E-state index is 0. The van der Waals surface area contributed by atoms with Crippen LogP contribution in [-0.4, -0.2) is 38.2 Å². The van der Waals surface area contributed by atoms with E-state index in [1.54, 1.807) is 60.7 Å². The highest BCUT2D eigenvalue weighted by molar-refractivity contribution is 7.90. The molecule has 0 spiro atoms. The van der Waals surface area contributed by atoms with E-state index < -0.39 is 16.0 Å². The fourth-order valence-corrected chi connectivity index (χ4v) is 5.48. The number of hydrogen-bond acceptors (Lipinski definition) is 6. The number of fused-ring (bicyclic) bond motifs is 1. The van der Waals surface area contributed by atoms with Gasteiger partial charge < -0.3 is 10.1 Å². The number of piperidine rings is 1. The summed E-state index contributed by atoms with van der Waals surface area (Å²) in [5, 5.41) is 3.15. The molecule has 0 amide bonds. The maximum absolute atomic E-state index is 12.7. The van der Waals surface area contributed by atoms with E-state index in [2.05, 4.69) is 14.6 Å². The molecule has 2 aliphatic heterocycles. The lowest BCUT2D eigenvalue weighted by atomic mass is 10.1. The monoisotopic (exact) mass is 511 g/mol. The second kappa shape index (κ2) is 10.6. The van der Waals surface area contributed by atoms with Crippen LogP contribution in [0.15, 0.2) is 82.1 Å². The van der Waals surface area contributed by atoms with Gasteiger partial charge in [-0.15, -0.1) is 16.8 Å². The zero-order chi connectivity index (χ0) is 23.5. The Hall–Kier alpha value is -3.20. The van der Waals surface area contributed by atoms with Crippen molar-refractivity contribution in [1.29, 1.82) is 0 Å². The van der Waals surface area contributed by atoms with Gasteiger partial charge in [0.25, 0.3) is 10.0 Å². The van der Waals surface area contributed by atoms with E-state index >= 15 is 0 Å². The number of halogens is 1. The van der Waals surface area contributed by atoms with Crippen molar-refractivity contribution in [1.82, 2.24) is 4.90 Å². The number of sulfonamides is 1. The Morgan fingerprint density at radius 2 is 1.66 bits per heavy atom. The quantitative estimate of drug-likeness (QED) is 0.388. The number of nitrogens with one attached hydrogen (secondary N) is 1. The van der Waals surface area contributed by atoms with Crippen molar-refractivity contribution in [2.24, 2.45) is 4.40 Å². The molecule has 1 fully saturated rings. The number of carbonyl (C=O) groups is 1. The van der Waals surface area contributed by atoms with E-state index in [0.29, 0.717) is 29.1 Å². The van der Waals surface area contributed by atoms with Crippen LogP contribution < -0.4 is 10.1 Å². The van der Waals surface area contributed by atoms with Gasteiger partial charge in [-0.3, -0.25) is 4.90 Å². The lowest BCUT2D eigenvalue weighted by Gasteiger charge is -2.27. The number of rotatable bonds is 5. The standard InChI is InChI=1S/C26H25N3O4S.ClH/c30-26(19-9-3-1-4-10-19)33-23-14-13-21(17-20(23)18-29-15-7-2-8-16-29)27-25-22-11-5-6-12-24(22)34(31,32)28-25;/h1,3-6,9-14,17H,2,7-8,15-16,18H2,(H,27,28);1H. The molecule has 3 aromatic carbocycles. The number of nitrogens with zero attached hydrogens (tertiary/aromatic N) is 2. The Morgan fingerprint density at radius 3 is 2.43 bits per heavy atom. The number of benzene rings is 3. The molecule has 7 nitrogen and oxygen atoms in total. The van der Waals surface area contributed by atoms with Crippen molar-refractivity contribution in [2.45, 2.75) is 30.7 Å². The van der Waals surface area contributed by atoms with Gasteiger partial charge in [0, 0.05) is 23.4 Å². The maximum atomic E-state index is 12.7. The molecule has 0 unspecified atom stereocenters. The van der Waals surface area contributed by atoms with E-state index in [1.807, 2.05) is 12.1 Å². The van der Waals surface area contributed by atoms with Gasteiger partial charge in [-0.25, -0.2) is 4.79 Å². The molecule has 3 aromatic rings. The number of ether oxygens (including phenoxy) is 1. The summed E-state index contributed by atoms with van der Waals surface area (Å²) < 4.78 is 34.5. The molecule has 0 bridgehead atoms. The van der Waals surface area contributed by atoms with Crippen LogP contribution in [0.2, 0.25) is 0 Å². The van der Waals surface area contributed by atoms with Gasteiger partial charge in [0.1, 0.15) is 10.6 Å². The van der Waals surface area contributed by atoms with Crippen molar-refractivity contribution >= 4 is 39.9 Å². The molecule has 182 valence electrons. The summed E-state index contributed by atoms with van der Waals surface area (Å²) in [6.45, 7) is 2.61. The van der Waals surface area contributed by atoms with Gasteiger partial charge >= 0.3 is 5.97 Å². The minimum Gasteiger partial charge on any atom is -0.423 e. The molecule has 5 rings (SSSR count). The molecular weight excluding hydrogens is 486 g/mol. The molecule has 0 radical (unpaired) electrons. The van der Waals surface area contributed by atoms with Crippen LogP contribution >= 0.6 is 12.4 Å². The first-order chi connectivity index (χ1) is 16.5. The Kier molecular flexibility index (Phi) is 7.54. The minimum atomic E-state index is -3.71. The van der Waals surface area contributed by atoms with Gasteiger partial charge in [-0.1, -0.05) is 36.8 Å². The van der Waals surface area contributed by atoms with E-state index in [1.165, 1.54) is 6.42 Å². The molecule has 0 aromatic heterocycles. The maximum Gasteiger partial charge on any atom is 0.343 e. The third kappa shape index (κ3) is 5.56. The molecule has 35 heavy (non-hydrogen) atoms. The van der Waals surface area contributed by atoms with E-state index in [9.17, 15) is 13.2 Å².